The summed E-state index contributed by atoms with van der Waals surface area (Å²) in [6.07, 6.45) is 1.69. The van der Waals surface area contributed by atoms with Crippen molar-refractivity contribution >= 4 is 0 Å². The maximum Gasteiger partial charge on any atom is 0.117 e. The average Bonchev–Trinajstić information content (AvgIpc) is 2.90. The highest BCUT2D eigenvalue weighted by atomic mass is 16.5. The van der Waals surface area contributed by atoms with Gasteiger partial charge in [-0.1, -0.05) is 0 Å². The van der Waals surface area contributed by atoms with E-state index in [0.717, 1.165) is 51.7 Å². The number of nitrogens with zero attached hydrogens (tertiary/aromatic N) is 1. The summed E-state index contributed by atoms with van der Waals surface area (Å²) in [5.41, 5.74) is 0. The molecule has 1 N–H and O–H groups in total. The van der Waals surface area contributed by atoms with Crippen molar-refractivity contribution in [3.8, 4) is 0 Å². The Bertz CT molecular complexity index is 270. The summed E-state index contributed by atoms with van der Waals surface area (Å²) in [6, 6.07) is 3.88. The van der Waals surface area contributed by atoms with Crippen LogP contribution in [0.4, 0.5) is 0 Å². The summed E-state index contributed by atoms with van der Waals surface area (Å²) < 4.78 is 15.5. The van der Waals surface area contributed by atoms with Gasteiger partial charge in [0.05, 0.1) is 26.0 Å². The highest BCUT2D eigenvalue weighted by molar-refractivity contribution is 4.97. The standard InChI is InChI=1S/C13H24N2O3/c1-16-10-7-15(8-11-17-2)6-5-14-12-13-4-3-9-18-13/h3-4,9,14H,5-8,10-12H2,1-2H3. The third-order valence-electron chi connectivity index (χ3n) is 2.71. The van der Waals surface area contributed by atoms with Crippen LogP contribution in [0.25, 0.3) is 0 Å². The number of hydrogen-bond acceptors (Lipinski definition) is 5. The van der Waals surface area contributed by atoms with E-state index in [9.17, 15) is 0 Å². The molecule has 0 saturated heterocycles. The van der Waals surface area contributed by atoms with Crippen LogP contribution >= 0.6 is 0 Å². The Labute approximate surface area is 109 Å². The van der Waals surface area contributed by atoms with Crippen molar-refractivity contribution < 1.29 is 13.9 Å². The second-order valence-corrected chi connectivity index (χ2v) is 4.08. The van der Waals surface area contributed by atoms with Crippen LogP contribution in [0.3, 0.4) is 0 Å². The van der Waals surface area contributed by atoms with E-state index < -0.39 is 0 Å². The van der Waals surface area contributed by atoms with E-state index in [0.29, 0.717) is 0 Å². The van der Waals surface area contributed by atoms with E-state index in [-0.39, 0.29) is 0 Å². The summed E-state index contributed by atoms with van der Waals surface area (Å²) in [7, 11) is 3.45. The van der Waals surface area contributed by atoms with Gasteiger partial charge in [0.25, 0.3) is 0 Å². The zero-order chi connectivity index (χ0) is 13.1. The molecule has 0 amide bonds. The molecule has 0 saturated carbocycles. The molecule has 0 aliphatic heterocycles. The minimum atomic E-state index is 0.752. The molecule has 1 rings (SSSR count). The van der Waals surface area contributed by atoms with Crippen molar-refractivity contribution in [1.82, 2.24) is 10.2 Å². The van der Waals surface area contributed by atoms with Crippen LogP contribution in [0.2, 0.25) is 0 Å². The zero-order valence-electron chi connectivity index (χ0n) is 11.4. The van der Waals surface area contributed by atoms with E-state index in [1.807, 2.05) is 12.1 Å². The molecule has 0 aliphatic rings. The number of nitrogens with one attached hydrogen (secondary N) is 1. The van der Waals surface area contributed by atoms with Crippen molar-refractivity contribution in [3.05, 3.63) is 24.2 Å². The van der Waals surface area contributed by atoms with Crippen LogP contribution in [0.15, 0.2) is 22.8 Å². The first-order valence-corrected chi connectivity index (χ1v) is 6.30. The minimum absolute atomic E-state index is 0.752. The molecule has 1 aromatic heterocycles. The highest BCUT2D eigenvalue weighted by Gasteiger charge is 2.04. The quantitative estimate of drug-likeness (QED) is 0.598. The van der Waals surface area contributed by atoms with Crippen molar-refractivity contribution in [2.75, 3.05) is 53.6 Å². The lowest BCUT2D eigenvalue weighted by Crippen LogP contribution is -2.36. The third kappa shape index (κ3) is 6.76. The number of hydrogen-bond donors (Lipinski definition) is 1. The average molecular weight is 256 g/mol. The van der Waals surface area contributed by atoms with Crippen molar-refractivity contribution in [2.45, 2.75) is 6.54 Å². The lowest BCUT2D eigenvalue weighted by atomic mass is 10.4. The van der Waals surface area contributed by atoms with Gasteiger partial charge in [0.1, 0.15) is 5.76 Å². The van der Waals surface area contributed by atoms with Gasteiger partial charge in [-0.05, 0) is 12.1 Å². The van der Waals surface area contributed by atoms with Gasteiger partial charge in [0, 0.05) is 40.4 Å². The molecule has 0 aromatic carbocycles. The normalized spacial score (nSPS) is 11.3. The van der Waals surface area contributed by atoms with E-state index in [4.69, 9.17) is 13.9 Å². The van der Waals surface area contributed by atoms with Gasteiger partial charge >= 0.3 is 0 Å². The topological polar surface area (TPSA) is 46.9 Å². The Morgan fingerprint density at radius 1 is 1.17 bits per heavy atom. The van der Waals surface area contributed by atoms with Crippen LogP contribution in [-0.4, -0.2) is 58.5 Å². The highest BCUT2D eigenvalue weighted by Crippen LogP contribution is 1.98. The predicted molar refractivity (Wildman–Crippen MR) is 70.6 cm³/mol. The summed E-state index contributed by atoms with van der Waals surface area (Å²) in [4.78, 5) is 2.32. The number of furan rings is 1. The fourth-order valence-electron chi connectivity index (χ4n) is 1.64. The van der Waals surface area contributed by atoms with E-state index in [2.05, 4.69) is 10.2 Å². The van der Waals surface area contributed by atoms with Crippen molar-refractivity contribution in [1.29, 1.82) is 0 Å². The van der Waals surface area contributed by atoms with E-state index >= 15 is 0 Å². The number of rotatable bonds is 11. The molecule has 0 fully saturated rings. The molecule has 1 aromatic rings. The van der Waals surface area contributed by atoms with Crippen LogP contribution in [0, 0.1) is 0 Å². The molecule has 104 valence electrons. The maximum absolute atomic E-state index is 5.25. The Hall–Kier alpha value is -0.880. The fourth-order valence-corrected chi connectivity index (χ4v) is 1.64. The molecule has 0 bridgehead atoms. The number of ether oxygens (including phenoxy) is 2. The maximum atomic E-state index is 5.25. The summed E-state index contributed by atoms with van der Waals surface area (Å²) in [5.74, 6) is 0.968. The monoisotopic (exact) mass is 256 g/mol. The SMILES string of the molecule is COCCN(CCNCc1ccco1)CCOC. The summed E-state index contributed by atoms with van der Waals surface area (Å²) in [6.45, 7) is 6.05. The molecular weight excluding hydrogens is 232 g/mol. The molecule has 5 nitrogen and oxygen atoms in total. The van der Waals surface area contributed by atoms with Crippen LogP contribution in [0.1, 0.15) is 5.76 Å². The predicted octanol–water partition coefficient (Wildman–Crippen LogP) is 0.964. The van der Waals surface area contributed by atoms with Gasteiger partial charge in [-0.2, -0.15) is 0 Å². The lowest BCUT2D eigenvalue weighted by molar-refractivity contribution is 0.114. The van der Waals surface area contributed by atoms with Crippen LogP contribution in [0.5, 0.6) is 0 Å². The minimum Gasteiger partial charge on any atom is -0.468 e. The summed E-state index contributed by atoms with van der Waals surface area (Å²) in [5, 5.41) is 3.35. The largest absolute Gasteiger partial charge is 0.468 e. The fraction of sp³-hybridized carbons (Fsp3) is 0.692. The van der Waals surface area contributed by atoms with Gasteiger partial charge in [-0.15, -0.1) is 0 Å². The van der Waals surface area contributed by atoms with Gasteiger partial charge in [-0.25, -0.2) is 0 Å². The molecule has 0 radical (unpaired) electrons. The van der Waals surface area contributed by atoms with E-state index in [1.165, 1.54) is 0 Å². The Kier molecular flexibility index (Phi) is 8.50. The van der Waals surface area contributed by atoms with Crippen molar-refractivity contribution in [3.63, 3.8) is 0 Å². The molecule has 0 aliphatic carbocycles. The second-order valence-electron chi connectivity index (χ2n) is 4.08. The zero-order valence-corrected chi connectivity index (χ0v) is 11.4. The first-order valence-electron chi connectivity index (χ1n) is 6.30. The third-order valence-corrected chi connectivity index (χ3v) is 2.71. The van der Waals surface area contributed by atoms with Gasteiger partial charge in [-0.3, -0.25) is 4.90 Å². The first kappa shape index (κ1) is 15.2. The molecule has 0 spiro atoms. The molecule has 5 heteroatoms. The molecule has 1 heterocycles. The van der Waals surface area contributed by atoms with Gasteiger partial charge < -0.3 is 19.2 Å². The number of methoxy groups -OCH3 is 2. The smallest absolute Gasteiger partial charge is 0.117 e. The summed E-state index contributed by atoms with van der Waals surface area (Å²) >= 11 is 0. The Balaban J connectivity index is 2.11. The molecule has 0 atom stereocenters. The van der Waals surface area contributed by atoms with Gasteiger partial charge in [0.15, 0.2) is 0 Å². The van der Waals surface area contributed by atoms with Crippen LogP contribution in [-0.2, 0) is 16.0 Å². The second kappa shape index (κ2) is 10.1. The molecule has 0 unspecified atom stereocenters. The first-order chi connectivity index (χ1) is 8.86. The Morgan fingerprint density at radius 3 is 2.44 bits per heavy atom. The van der Waals surface area contributed by atoms with Gasteiger partial charge in [0.2, 0.25) is 0 Å². The van der Waals surface area contributed by atoms with Crippen LogP contribution < -0.4 is 5.32 Å². The Morgan fingerprint density at radius 2 is 1.89 bits per heavy atom. The molecule has 18 heavy (non-hydrogen) atoms. The lowest BCUT2D eigenvalue weighted by Gasteiger charge is -2.21. The van der Waals surface area contributed by atoms with Crippen molar-refractivity contribution in [2.24, 2.45) is 0 Å². The van der Waals surface area contributed by atoms with E-state index in [1.54, 1.807) is 20.5 Å². The molecular formula is C13H24N2O3.